The first-order valence-corrected chi connectivity index (χ1v) is 5.16. The lowest BCUT2D eigenvalue weighted by atomic mass is 10.2. The zero-order valence-electron chi connectivity index (χ0n) is 9.49. The van der Waals surface area contributed by atoms with Crippen LogP contribution in [0.5, 0.6) is 0 Å². The van der Waals surface area contributed by atoms with Crippen molar-refractivity contribution < 1.29 is 9.53 Å². The molecule has 0 fully saturated rings. The molecule has 1 rings (SSSR count). The molecule has 84 valence electrons. The van der Waals surface area contributed by atoms with Crippen molar-refractivity contribution in [1.29, 1.82) is 0 Å². The van der Waals surface area contributed by atoms with Crippen LogP contribution in [0, 0.1) is 12.3 Å². The zero-order valence-corrected chi connectivity index (χ0v) is 9.49. The molecule has 0 aliphatic carbocycles. The van der Waals surface area contributed by atoms with Gasteiger partial charge in [-0.05, 0) is 32.0 Å². The summed E-state index contributed by atoms with van der Waals surface area (Å²) in [6, 6.07) is 7.14. The maximum absolute atomic E-state index is 11.6. The molecule has 0 aromatic heterocycles. The molecule has 0 aliphatic rings. The first kappa shape index (κ1) is 12.3. The third kappa shape index (κ3) is 3.41. The number of amides is 1. The van der Waals surface area contributed by atoms with Crippen LogP contribution in [0.2, 0.25) is 0 Å². The molecule has 3 nitrogen and oxygen atoms in total. The molecule has 0 unspecified atom stereocenters. The second-order valence-electron chi connectivity index (χ2n) is 3.31. The van der Waals surface area contributed by atoms with Crippen molar-refractivity contribution in [3.63, 3.8) is 0 Å². The number of carbonyl (C=O) groups is 1. The van der Waals surface area contributed by atoms with Gasteiger partial charge >= 0.3 is 0 Å². The van der Waals surface area contributed by atoms with Gasteiger partial charge in [0.05, 0.1) is 0 Å². The number of hydrogen-bond acceptors (Lipinski definition) is 2. The number of carbonyl (C=O) groups excluding carboxylic acids is 1. The van der Waals surface area contributed by atoms with Gasteiger partial charge in [0.1, 0.15) is 6.10 Å². The highest BCUT2D eigenvalue weighted by molar-refractivity contribution is 5.94. The molecule has 1 N–H and O–H groups in total. The van der Waals surface area contributed by atoms with Crippen LogP contribution in [0.1, 0.15) is 19.4 Å². The molecule has 0 aliphatic heterocycles. The van der Waals surface area contributed by atoms with Crippen molar-refractivity contribution in [2.24, 2.45) is 0 Å². The van der Waals surface area contributed by atoms with Crippen LogP contribution in [0.4, 0.5) is 5.69 Å². The summed E-state index contributed by atoms with van der Waals surface area (Å²) in [5, 5.41) is 2.74. The van der Waals surface area contributed by atoms with E-state index in [0.29, 0.717) is 12.3 Å². The maximum Gasteiger partial charge on any atom is 0.253 e. The summed E-state index contributed by atoms with van der Waals surface area (Å²) in [6.07, 6.45) is 4.81. The highest BCUT2D eigenvalue weighted by Gasteiger charge is 2.12. The second kappa shape index (κ2) is 5.94. The highest BCUT2D eigenvalue weighted by atomic mass is 16.5. The Morgan fingerprint density at radius 3 is 3.00 bits per heavy atom. The van der Waals surface area contributed by atoms with Crippen LogP contribution in [0.15, 0.2) is 24.3 Å². The quantitative estimate of drug-likeness (QED) is 0.784. The number of hydrogen-bond donors (Lipinski definition) is 1. The van der Waals surface area contributed by atoms with Crippen molar-refractivity contribution >= 4 is 11.6 Å². The van der Waals surface area contributed by atoms with Crippen LogP contribution in [0.3, 0.4) is 0 Å². The normalized spacial score (nSPS) is 11.6. The molecule has 3 heteroatoms. The molecule has 1 amide bonds. The van der Waals surface area contributed by atoms with Gasteiger partial charge in [0.15, 0.2) is 0 Å². The fourth-order valence-corrected chi connectivity index (χ4v) is 1.26. The largest absolute Gasteiger partial charge is 0.369 e. The third-order valence-electron chi connectivity index (χ3n) is 2.08. The van der Waals surface area contributed by atoms with E-state index < -0.39 is 6.10 Å². The monoisotopic (exact) mass is 217 g/mol. The molecule has 1 aromatic rings. The van der Waals surface area contributed by atoms with E-state index in [4.69, 9.17) is 11.2 Å². The van der Waals surface area contributed by atoms with E-state index >= 15 is 0 Å². The van der Waals surface area contributed by atoms with Crippen molar-refractivity contribution in [2.45, 2.75) is 20.0 Å². The predicted molar refractivity (Wildman–Crippen MR) is 64.1 cm³/mol. The Balaban J connectivity index is 2.66. The van der Waals surface area contributed by atoms with Crippen molar-refractivity contribution in [3.8, 4) is 12.3 Å². The number of terminal acetylenes is 1. The van der Waals surface area contributed by atoms with Crippen LogP contribution in [-0.4, -0.2) is 18.6 Å². The van der Waals surface area contributed by atoms with Gasteiger partial charge in [-0.25, -0.2) is 0 Å². The van der Waals surface area contributed by atoms with Gasteiger partial charge in [0.25, 0.3) is 5.91 Å². The molecular formula is C13H15NO2. The van der Waals surface area contributed by atoms with Crippen molar-refractivity contribution in [1.82, 2.24) is 0 Å². The van der Waals surface area contributed by atoms with E-state index in [9.17, 15) is 4.79 Å². The molecule has 16 heavy (non-hydrogen) atoms. The molecular weight excluding hydrogens is 202 g/mol. The van der Waals surface area contributed by atoms with Gasteiger partial charge in [0.2, 0.25) is 0 Å². The minimum absolute atomic E-state index is 0.170. The first-order valence-electron chi connectivity index (χ1n) is 5.16. The van der Waals surface area contributed by atoms with E-state index in [1.165, 1.54) is 0 Å². The summed E-state index contributed by atoms with van der Waals surface area (Å²) in [7, 11) is 0. The van der Waals surface area contributed by atoms with Gasteiger partial charge < -0.3 is 10.1 Å². The molecule has 1 aromatic carbocycles. The zero-order chi connectivity index (χ0) is 12.0. The lowest BCUT2D eigenvalue weighted by molar-refractivity contribution is -0.126. The molecule has 0 saturated carbocycles. The Morgan fingerprint density at radius 1 is 1.62 bits per heavy atom. The Labute approximate surface area is 95.8 Å². The lowest BCUT2D eigenvalue weighted by Gasteiger charge is -2.12. The molecule has 0 spiro atoms. The van der Waals surface area contributed by atoms with Gasteiger partial charge in [-0.3, -0.25) is 4.79 Å². The fourth-order valence-electron chi connectivity index (χ4n) is 1.26. The number of anilines is 1. The summed E-state index contributed by atoms with van der Waals surface area (Å²) < 4.78 is 5.18. The van der Waals surface area contributed by atoms with E-state index in [2.05, 4.69) is 11.2 Å². The predicted octanol–water partition coefficient (Wildman–Crippen LogP) is 2.03. The topological polar surface area (TPSA) is 38.3 Å². The Hall–Kier alpha value is -1.79. The molecule has 0 heterocycles. The Kier molecular flexibility index (Phi) is 4.56. The summed E-state index contributed by atoms with van der Waals surface area (Å²) in [5.41, 5.74) is 1.42. The summed E-state index contributed by atoms with van der Waals surface area (Å²) in [6.45, 7) is 4.07. The average molecular weight is 217 g/mol. The SMILES string of the molecule is C#Cc1cccc(NC(=O)[C@@H](C)OCC)c1. The van der Waals surface area contributed by atoms with E-state index in [1.54, 1.807) is 25.1 Å². The standard InChI is InChI=1S/C13H15NO2/c1-4-11-7-6-8-12(9-11)14-13(15)10(3)16-5-2/h1,6-10H,5H2,2-3H3,(H,14,15)/t10-/m1/s1. The Bertz CT molecular complexity index is 407. The first-order chi connectivity index (χ1) is 7.67. The maximum atomic E-state index is 11.6. The van der Waals surface area contributed by atoms with Crippen LogP contribution in [-0.2, 0) is 9.53 Å². The number of nitrogens with one attached hydrogen (secondary N) is 1. The van der Waals surface area contributed by atoms with Gasteiger partial charge in [-0.15, -0.1) is 6.42 Å². The summed E-state index contributed by atoms with van der Waals surface area (Å²) >= 11 is 0. The number of ether oxygens (including phenoxy) is 1. The van der Waals surface area contributed by atoms with Gasteiger partial charge in [0, 0.05) is 17.9 Å². The number of rotatable bonds is 4. The van der Waals surface area contributed by atoms with Crippen LogP contribution < -0.4 is 5.32 Å². The Morgan fingerprint density at radius 2 is 2.38 bits per heavy atom. The summed E-state index contributed by atoms with van der Waals surface area (Å²) in [5.74, 6) is 2.34. The minimum Gasteiger partial charge on any atom is -0.369 e. The smallest absolute Gasteiger partial charge is 0.253 e. The molecule has 0 radical (unpaired) electrons. The minimum atomic E-state index is -0.459. The van der Waals surface area contributed by atoms with Crippen molar-refractivity contribution in [2.75, 3.05) is 11.9 Å². The van der Waals surface area contributed by atoms with E-state index in [0.717, 1.165) is 5.56 Å². The number of benzene rings is 1. The second-order valence-corrected chi connectivity index (χ2v) is 3.31. The average Bonchev–Trinajstić information content (AvgIpc) is 2.29. The summed E-state index contributed by atoms with van der Waals surface area (Å²) in [4.78, 5) is 11.6. The highest BCUT2D eigenvalue weighted by Crippen LogP contribution is 2.10. The van der Waals surface area contributed by atoms with Crippen molar-refractivity contribution in [3.05, 3.63) is 29.8 Å². The van der Waals surface area contributed by atoms with E-state index in [1.807, 2.05) is 13.0 Å². The molecule has 0 bridgehead atoms. The van der Waals surface area contributed by atoms with Crippen LogP contribution >= 0.6 is 0 Å². The molecule has 1 atom stereocenters. The molecule has 0 saturated heterocycles. The van der Waals surface area contributed by atoms with E-state index in [-0.39, 0.29) is 5.91 Å². The lowest BCUT2D eigenvalue weighted by Crippen LogP contribution is -2.27. The van der Waals surface area contributed by atoms with Gasteiger partial charge in [-0.1, -0.05) is 12.0 Å². The van der Waals surface area contributed by atoms with Crippen LogP contribution in [0.25, 0.3) is 0 Å². The van der Waals surface area contributed by atoms with Gasteiger partial charge in [-0.2, -0.15) is 0 Å². The third-order valence-corrected chi connectivity index (χ3v) is 2.08. The fraction of sp³-hybridized carbons (Fsp3) is 0.308.